The van der Waals surface area contributed by atoms with E-state index in [4.69, 9.17) is 4.74 Å². The largest absolute Gasteiger partial charge is 0.377 e. The number of Topliss-reactive ketones (excluding diaryl/α,β-unsaturated/α-hetero) is 1. The van der Waals surface area contributed by atoms with Gasteiger partial charge in [0.1, 0.15) is 6.61 Å². The van der Waals surface area contributed by atoms with Crippen molar-refractivity contribution in [2.24, 2.45) is 0 Å². The monoisotopic (exact) mass is 228 g/mol. The lowest BCUT2D eigenvalue weighted by atomic mass is 10.1. The number of hydrogen-bond acceptors (Lipinski definition) is 2. The van der Waals surface area contributed by atoms with Gasteiger partial charge in [-0.2, -0.15) is 0 Å². The molecule has 0 N–H and O–H groups in total. The molecule has 0 heterocycles. The predicted octanol–water partition coefficient (Wildman–Crippen LogP) is 4.12. The van der Waals surface area contributed by atoms with Crippen molar-refractivity contribution in [1.82, 2.24) is 0 Å². The van der Waals surface area contributed by atoms with Crippen LogP contribution in [0, 0.1) is 0 Å². The van der Waals surface area contributed by atoms with Crippen LogP contribution in [0.4, 0.5) is 0 Å². The number of carbonyl (C=O) groups is 1. The van der Waals surface area contributed by atoms with E-state index in [9.17, 15) is 4.79 Å². The standard InChI is InChI=1S/C14H28O2/c1-3-4-5-6-7-8-9-10-11-12-14(15)13-16-2/h3-13H2,1-2H3. The van der Waals surface area contributed by atoms with Crippen LogP contribution >= 0.6 is 0 Å². The second kappa shape index (κ2) is 12.7. The first-order valence-electron chi connectivity index (χ1n) is 6.82. The molecule has 16 heavy (non-hydrogen) atoms. The summed E-state index contributed by atoms with van der Waals surface area (Å²) in [5.74, 6) is 0.241. The molecule has 0 aromatic heterocycles. The molecule has 0 aliphatic heterocycles. The van der Waals surface area contributed by atoms with Gasteiger partial charge < -0.3 is 4.74 Å². The molecule has 0 aromatic rings. The lowest BCUT2D eigenvalue weighted by Crippen LogP contribution is -2.05. The number of ether oxygens (including phenoxy) is 1. The van der Waals surface area contributed by atoms with Crippen molar-refractivity contribution in [2.45, 2.75) is 71.1 Å². The summed E-state index contributed by atoms with van der Waals surface area (Å²) in [6.45, 7) is 2.54. The minimum Gasteiger partial charge on any atom is -0.377 e. The van der Waals surface area contributed by atoms with Gasteiger partial charge in [-0.25, -0.2) is 0 Å². The second-order valence-corrected chi connectivity index (χ2v) is 4.55. The Kier molecular flexibility index (Phi) is 12.4. The molecule has 0 unspecified atom stereocenters. The zero-order valence-corrected chi connectivity index (χ0v) is 11.1. The summed E-state index contributed by atoms with van der Waals surface area (Å²) >= 11 is 0. The maximum atomic E-state index is 11.1. The van der Waals surface area contributed by atoms with Crippen LogP contribution in [-0.2, 0) is 9.53 Å². The molecule has 0 bridgehead atoms. The quantitative estimate of drug-likeness (QED) is 0.470. The highest BCUT2D eigenvalue weighted by atomic mass is 16.5. The first-order chi connectivity index (χ1) is 7.81. The van der Waals surface area contributed by atoms with E-state index in [0.717, 1.165) is 6.42 Å². The van der Waals surface area contributed by atoms with Gasteiger partial charge in [-0.3, -0.25) is 4.79 Å². The molecule has 0 atom stereocenters. The van der Waals surface area contributed by atoms with Gasteiger partial charge in [0.15, 0.2) is 5.78 Å². The van der Waals surface area contributed by atoms with Gasteiger partial charge in [0, 0.05) is 13.5 Å². The van der Waals surface area contributed by atoms with E-state index in [1.807, 2.05) is 0 Å². The lowest BCUT2D eigenvalue weighted by Gasteiger charge is -2.01. The van der Waals surface area contributed by atoms with E-state index >= 15 is 0 Å². The zero-order chi connectivity index (χ0) is 12.1. The maximum Gasteiger partial charge on any atom is 0.158 e. The van der Waals surface area contributed by atoms with Crippen molar-refractivity contribution < 1.29 is 9.53 Å². The first kappa shape index (κ1) is 15.6. The molecule has 0 aliphatic rings. The number of carbonyl (C=O) groups excluding carboxylic acids is 1. The number of rotatable bonds is 12. The minimum atomic E-state index is 0.241. The summed E-state index contributed by atoms with van der Waals surface area (Å²) in [4.78, 5) is 11.1. The van der Waals surface area contributed by atoms with Crippen LogP contribution in [0.2, 0.25) is 0 Å². The summed E-state index contributed by atoms with van der Waals surface area (Å²) < 4.78 is 4.79. The zero-order valence-electron chi connectivity index (χ0n) is 11.1. The summed E-state index contributed by atoms with van der Waals surface area (Å²) in [6, 6.07) is 0. The second-order valence-electron chi connectivity index (χ2n) is 4.55. The van der Waals surface area contributed by atoms with Crippen molar-refractivity contribution >= 4 is 5.78 Å². The summed E-state index contributed by atoms with van der Waals surface area (Å²) in [5, 5.41) is 0. The Balaban J connectivity index is 3.01. The molecule has 2 nitrogen and oxygen atoms in total. The number of unbranched alkanes of at least 4 members (excludes halogenated alkanes) is 8. The van der Waals surface area contributed by atoms with E-state index in [-0.39, 0.29) is 12.4 Å². The van der Waals surface area contributed by atoms with Crippen molar-refractivity contribution in [3.63, 3.8) is 0 Å². The van der Waals surface area contributed by atoms with Gasteiger partial charge in [0.25, 0.3) is 0 Å². The van der Waals surface area contributed by atoms with Gasteiger partial charge in [-0.15, -0.1) is 0 Å². The average molecular weight is 228 g/mol. The smallest absolute Gasteiger partial charge is 0.158 e. The predicted molar refractivity (Wildman–Crippen MR) is 68.7 cm³/mol. The summed E-state index contributed by atoms with van der Waals surface area (Å²) in [7, 11) is 1.58. The summed E-state index contributed by atoms with van der Waals surface area (Å²) in [5.41, 5.74) is 0. The fourth-order valence-corrected chi connectivity index (χ4v) is 1.87. The third-order valence-corrected chi connectivity index (χ3v) is 2.86. The van der Waals surface area contributed by atoms with E-state index in [0.29, 0.717) is 6.42 Å². The van der Waals surface area contributed by atoms with Crippen molar-refractivity contribution in [3.05, 3.63) is 0 Å². The highest BCUT2D eigenvalue weighted by Gasteiger charge is 1.99. The molecule has 2 heteroatoms. The van der Waals surface area contributed by atoms with E-state index in [1.165, 1.54) is 51.4 Å². The Morgan fingerprint density at radius 3 is 1.88 bits per heavy atom. The normalized spacial score (nSPS) is 10.6. The van der Waals surface area contributed by atoms with Crippen LogP contribution in [0.3, 0.4) is 0 Å². The topological polar surface area (TPSA) is 26.3 Å². The van der Waals surface area contributed by atoms with Crippen LogP contribution < -0.4 is 0 Å². The van der Waals surface area contributed by atoms with Gasteiger partial charge in [0.2, 0.25) is 0 Å². The fraction of sp³-hybridized carbons (Fsp3) is 0.929. The Labute approximate surface area is 101 Å². The number of hydrogen-bond donors (Lipinski definition) is 0. The molecule has 0 saturated carbocycles. The molecule has 0 rings (SSSR count). The Morgan fingerprint density at radius 1 is 0.875 bits per heavy atom. The van der Waals surface area contributed by atoms with Crippen LogP contribution in [0.15, 0.2) is 0 Å². The Morgan fingerprint density at radius 2 is 1.38 bits per heavy atom. The number of ketones is 1. The Bertz CT molecular complexity index is 155. The molecule has 96 valence electrons. The highest BCUT2D eigenvalue weighted by molar-refractivity contribution is 5.79. The molecule has 0 spiro atoms. The van der Waals surface area contributed by atoms with Crippen LogP contribution in [0.25, 0.3) is 0 Å². The molecular formula is C14H28O2. The average Bonchev–Trinajstić information content (AvgIpc) is 2.27. The molecular weight excluding hydrogens is 200 g/mol. The number of methoxy groups -OCH3 is 1. The van der Waals surface area contributed by atoms with Gasteiger partial charge in [-0.1, -0.05) is 58.3 Å². The summed E-state index contributed by atoms with van der Waals surface area (Å²) in [6.07, 6.45) is 12.4. The van der Waals surface area contributed by atoms with E-state index in [1.54, 1.807) is 7.11 Å². The third-order valence-electron chi connectivity index (χ3n) is 2.86. The Hall–Kier alpha value is -0.370. The van der Waals surface area contributed by atoms with Gasteiger partial charge in [0.05, 0.1) is 0 Å². The van der Waals surface area contributed by atoms with E-state index < -0.39 is 0 Å². The fourth-order valence-electron chi connectivity index (χ4n) is 1.87. The molecule has 0 aromatic carbocycles. The van der Waals surface area contributed by atoms with Gasteiger partial charge in [-0.05, 0) is 6.42 Å². The van der Waals surface area contributed by atoms with Crippen LogP contribution in [-0.4, -0.2) is 19.5 Å². The van der Waals surface area contributed by atoms with E-state index in [2.05, 4.69) is 6.92 Å². The highest BCUT2D eigenvalue weighted by Crippen LogP contribution is 2.10. The first-order valence-corrected chi connectivity index (χ1v) is 6.82. The maximum absolute atomic E-state index is 11.1. The molecule has 0 fully saturated rings. The van der Waals surface area contributed by atoms with Gasteiger partial charge >= 0.3 is 0 Å². The van der Waals surface area contributed by atoms with Crippen LogP contribution in [0.5, 0.6) is 0 Å². The van der Waals surface area contributed by atoms with Crippen molar-refractivity contribution in [1.29, 1.82) is 0 Å². The lowest BCUT2D eigenvalue weighted by molar-refractivity contribution is -0.122. The third kappa shape index (κ3) is 11.7. The van der Waals surface area contributed by atoms with Crippen LogP contribution in [0.1, 0.15) is 71.1 Å². The molecule has 0 amide bonds. The molecule has 0 aliphatic carbocycles. The SMILES string of the molecule is CCCCCCCCCCCC(=O)COC. The molecule has 0 saturated heterocycles. The molecule has 0 radical (unpaired) electrons. The van der Waals surface area contributed by atoms with Crippen molar-refractivity contribution in [3.8, 4) is 0 Å². The minimum absolute atomic E-state index is 0.241. The van der Waals surface area contributed by atoms with Crippen molar-refractivity contribution in [2.75, 3.05) is 13.7 Å².